The number of rotatable bonds is 8. The lowest BCUT2D eigenvalue weighted by Crippen LogP contribution is -2.38. The van der Waals surface area contributed by atoms with Gasteiger partial charge in [-0.3, -0.25) is 0 Å². The van der Waals surface area contributed by atoms with Gasteiger partial charge in [-0.15, -0.1) is 11.3 Å². The van der Waals surface area contributed by atoms with Crippen molar-refractivity contribution in [3.8, 4) is 0 Å². The summed E-state index contributed by atoms with van der Waals surface area (Å²) in [7, 11) is 0. The Bertz CT molecular complexity index is 472. The molecule has 0 spiro atoms. The third-order valence-electron chi connectivity index (χ3n) is 4.18. The van der Waals surface area contributed by atoms with Crippen LogP contribution in [-0.4, -0.2) is 48.6 Å². The summed E-state index contributed by atoms with van der Waals surface area (Å²) in [5.41, 5.74) is 1.13. The number of thiazole rings is 1. The lowest BCUT2D eigenvalue weighted by Gasteiger charge is -2.15. The number of guanidine groups is 1. The van der Waals surface area contributed by atoms with Crippen molar-refractivity contribution < 1.29 is 0 Å². The second-order valence-corrected chi connectivity index (χ2v) is 7.41. The number of hydrogen-bond donors (Lipinski definition) is 2. The number of aryl methyl sites for hydroxylation is 2. The van der Waals surface area contributed by atoms with Crippen molar-refractivity contribution in [3.05, 3.63) is 15.6 Å². The zero-order chi connectivity index (χ0) is 16.5. The SMILES string of the molecule is CCNC(=NCc1nc(C)c(C)s1)NCCCCN1CCCC1. The largest absolute Gasteiger partial charge is 0.357 e. The molecule has 1 aromatic heterocycles. The fraction of sp³-hybridized carbons (Fsp3) is 0.765. The first-order valence-electron chi connectivity index (χ1n) is 8.86. The fourth-order valence-electron chi connectivity index (χ4n) is 2.77. The number of likely N-dealkylation sites (tertiary alicyclic amines) is 1. The minimum absolute atomic E-state index is 0.655. The van der Waals surface area contributed by atoms with Gasteiger partial charge in [0.05, 0.1) is 12.2 Å². The highest BCUT2D eigenvalue weighted by Crippen LogP contribution is 2.16. The van der Waals surface area contributed by atoms with E-state index < -0.39 is 0 Å². The normalized spacial score (nSPS) is 16.0. The molecule has 0 aliphatic carbocycles. The summed E-state index contributed by atoms with van der Waals surface area (Å²) >= 11 is 1.74. The van der Waals surface area contributed by atoms with Gasteiger partial charge in [0, 0.05) is 18.0 Å². The van der Waals surface area contributed by atoms with Crippen LogP contribution >= 0.6 is 11.3 Å². The van der Waals surface area contributed by atoms with E-state index >= 15 is 0 Å². The summed E-state index contributed by atoms with van der Waals surface area (Å²) in [5, 5.41) is 7.84. The van der Waals surface area contributed by atoms with Gasteiger partial charge < -0.3 is 15.5 Å². The van der Waals surface area contributed by atoms with Crippen LogP contribution in [0.3, 0.4) is 0 Å². The van der Waals surface area contributed by atoms with Crippen molar-refractivity contribution in [3.63, 3.8) is 0 Å². The Morgan fingerprint density at radius 3 is 2.65 bits per heavy atom. The monoisotopic (exact) mass is 337 g/mol. The van der Waals surface area contributed by atoms with E-state index in [0.717, 1.165) is 29.8 Å². The topological polar surface area (TPSA) is 52.6 Å². The Morgan fingerprint density at radius 1 is 1.22 bits per heavy atom. The molecule has 130 valence electrons. The Morgan fingerprint density at radius 2 is 2.00 bits per heavy atom. The van der Waals surface area contributed by atoms with E-state index in [-0.39, 0.29) is 0 Å². The van der Waals surface area contributed by atoms with Crippen molar-refractivity contribution in [2.24, 2.45) is 4.99 Å². The number of nitrogens with zero attached hydrogens (tertiary/aromatic N) is 3. The third-order valence-corrected chi connectivity index (χ3v) is 5.24. The maximum absolute atomic E-state index is 4.65. The lowest BCUT2D eigenvalue weighted by atomic mass is 10.3. The van der Waals surface area contributed by atoms with E-state index in [1.807, 2.05) is 0 Å². The van der Waals surface area contributed by atoms with Crippen LogP contribution in [0.1, 0.15) is 48.2 Å². The Kier molecular flexibility index (Phi) is 7.82. The standard InChI is InChI=1S/C17H31N5S/c1-4-18-17(20-13-16-21-14(2)15(3)23-16)19-9-5-6-10-22-11-7-8-12-22/h4-13H2,1-3H3,(H2,18,19,20). The molecule has 1 fully saturated rings. The molecule has 1 saturated heterocycles. The Hall–Kier alpha value is -1.14. The fourth-order valence-corrected chi connectivity index (χ4v) is 3.63. The highest BCUT2D eigenvalue weighted by molar-refractivity contribution is 7.11. The molecule has 0 atom stereocenters. The van der Waals surface area contributed by atoms with E-state index in [1.54, 1.807) is 11.3 Å². The zero-order valence-electron chi connectivity index (χ0n) is 14.8. The molecule has 0 unspecified atom stereocenters. The van der Waals surface area contributed by atoms with Crippen LogP contribution in [0.25, 0.3) is 0 Å². The summed E-state index contributed by atoms with van der Waals surface area (Å²) in [5.74, 6) is 0.902. The molecular formula is C17H31N5S. The van der Waals surface area contributed by atoms with Crippen molar-refractivity contribution in [2.45, 2.75) is 53.0 Å². The van der Waals surface area contributed by atoms with E-state index in [4.69, 9.17) is 0 Å². The van der Waals surface area contributed by atoms with Crippen molar-refractivity contribution in [1.29, 1.82) is 0 Å². The second kappa shape index (κ2) is 9.88. The van der Waals surface area contributed by atoms with Crippen LogP contribution in [0.5, 0.6) is 0 Å². The first-order chi connectivity index (χ1) is 11.2. The van der Waals surface area contributed by atoms with Crippen LogP contribution in [-0.2, 0) is 6.54 Å². The molecule has 0 bridgehead atoms. The minimum atomic E-state index is 0.655. The highest BCUT2D eigenvalue weighted by Gasteiger charge is 2.10. The minimum Gasteiger partial charge on any atom is -0.357 e. The van der Waals surface area contributed by atoms with Crippen LogP contribution < -0.4 is 10.6 Å². The number of aromatic nitrogens is 1. The van der Waals surface area contributed by atoms with Gasteiger partial charge >= 0.3 is 0 Å². The average molecular weight is 338 g/mol. The van der Waals surface area contributed by atoms with Gasteiger partial charge in [-0.2, -0.15) is 0 Å². The van der Waals surface area contributed by atoms with E-state index in [1.165, 1.54) is 50.2 Å². The first-order valence-corrected chi connectivity index (χ1v) is 9.68. The molecule has 2 N–H and O–H groups in total. The van der Waals surface area contributed by atoms with Gasteiger partial charge in [0.1, 0.15) is 5.01 Å². The average Bonchev–Trinajstić information content (AvgIpc) is 3.15. The molecule has 1 aliphatic rings. The van der Waals surface area contributed by atoms with E-state index in [9.17, 15) is 0 Å². The Labute approximate surface area is 144 Å². The van der Waals surface area contributed by atoms with Gasteiger partial charge in [-0.1, -0.05) is 0 Å². The quantitative estimate of drug-likeness (QED) is 0.435. The molecule has 0 saturated carbocycles. The smallest absolute Gasteiger partial charge is 0.191 e. The third kappa shape index (κ3) is 6.47. The molecule has 0 radical (unpaired) electrons. The van der Waals surface area contributed by atoms with Gasteiger partial charge in [0.2, 0.25) is 0 Å². The van der Waals surface area contributed by atoms with Gasteiger partial charge in [0.15, 0.2) is 5.96 Å². The summed E-state index contributed by atoms with van der Waals surface area (Å²) in [6.45, 7) is 12.6. The molecular weight excluding hydrogens is 306 g/mol. The number of unbranched alkanes of at least 4 members (excludes halogenated alkanes) is 1. The predicted molar refractivity (Wildman–Crippen MR) is 99.3 cm³/mol. The number of aliphatic imine (C=N–C) groups is 1. The van der Waals surface area contributed by atoms with Gasteiger partial charge in [-0.05, 0) is 66.1 Å². The number of hydrogen-bond acceptors (Lipinski definition) is 4. The van der Waals surface area contributed by atoms with E-state index in [0.29, 0.717) is 6.54 Å². The first kappa shape index (κ1) is 18.2. The Balaban J connectivity index is 1.68. The maximum atomic E-state index is 4.65. The molecule has 1 aromatic rings. The summed E-state index contributed by atoms with van der Waals surface area (Å²) in [6, 6.07) is 0. The summed E-state index contributed by atoms with van der Waals surface area (Å²) < 4.78 is 0. The van der Waals surface area contributed by atoms with Gasteiger partial charge in [0.25, 0.3) is 0 Å². The molecule has 2 rings (SSSR count). The molecule has 1 aliphatic heterocycles. The van der Waals surface area contributed by atoms with Crippen LogP contribution in [0.2, 0.25) is 0 Å². The molecule has 6 heteroatoms. The van der Waals surface area contributed by atoms with Crippen LogP contribution in [0.15, 0.2) is 4.99 Å². The zero-order valence-corrected chi connectivity index (χ0v) is 15.6. The second-order valence-electron chi connectivity index (χ2n) is 6.13. The van der Waals surface area contributed by atoms with Crippen LogP contribution in [0.4, 0.5) is 0 Å². The molecule has 23 heavy (non-hydrogen) atoms. The van der Waals surface area contributed by atoms with Crippen molar-refractivity contribution in [2.75, 3.05) is 32.7 Å². The molecule has 0 aromatic carbocycles. The molecule has 0 amide bonds. The van der Waals surface area contributed by atoms with Crippen molar-refractivity contribution >= 4 is 17.3 Å². The van der Waals surface area contributed by atoms with Crippen LogP contribution in [0, 0.1) is 13.8 Å². The summed E-state index contributed by atoms with van der Waals surface area (Å²) in [6.07, 6.45) is 5.21. The lowest BCUT2D eigenvalue weighted by molar-refractivity contribution is 0.330. The predicted octanol–water partition coefficient (Wildman–Crippen LogP) is 2.69. The van der Waals surface area contributed by atoms with E-state index in [2.05, 4.69) is 46.3 Å². The van der Waals surface area contributed by atoms with Crippen molar-refractivity contribution in [1.82, 2.24) is 20.5 Å². The van der Waals surface area contributed by atoms with Gasteiger partial charge in [-0.25, -0.2) is 9.98 Å². The number of nitrogens with one attached hydrogen (secondary N) is 2. The molecule has 5 nitrogen and oxygen atoms in total. The molecule has 2 heterocycles. The highest BCUT2D eigenvalue weighted by atomic mass is 32.1. The maximum Gasteiger partial charge on any atom is 0.191 e. The summed E-state index contributed by atoms with van der Waals surface area (Å²) in [4.78, 5) is 13.1.